The lowest BCUT2D eigenvalue weighted by molar-refractivity contribution is 0.476. The highest BCUT2D eigenvalue weighted by Crippen LogP contribution is 2.32. The van der Waals surface area contributed by atoms with Crippen molar-refractivity contribution >= 4 is 21.8 Å². The topological polar surface area (TPSA) is 38.0 Å². The molecule has 0 radical (unpaired) electrons. The summed E-state index contributed by atoms with van der Waals surface area (Å²) >= 11 is 0. The van der Waals surface area contributed by atoms with Crippen molar-refractivity contribution < 1.29 is 5.11 Å². The van der Waals surface area contributed by atoms with Gasteiger partial charge in [0.25, 0.3) is 0 Å². The van der Waals surface area contributed by atoms with Crippen molar-refractivity contribution in [2.75, 3.05) is 0 Å². The van der Waals surface area contributed by atoms with E-state index in [2.05, 4.69) is 16.1 Å². The highest BCUT2D eigenvalue weighted by atomic mass is 16.3. The minimum absolute atomic E-state index is 0.279. The monoisotopic (exact) mass is 238 g/mol. The van der Waals surface area contributed by atoms with Gasteiger partial charge in [-0.3, -0.25) is 4.98 Å². The third-order valence-corrected chi connectivity index (χ3v) is 3.25. The molecule has 0 unspecified atom stereocenters. The van der Waals surface area contributed by atoms with Gasteiger partial charge in [-0.15, -0.1) is 6.58 Å². The van der Waals surface area contributed by atoms with Crippen LogP contribution in [0.2, 0.25) is 0 Å². The molecule has 0 atom stereocenters. The summed E-state index contributed by atoms with van der Waals surface area (Å²) < 4.78 is 2.14. The Bertz CT molecular complexity index is 756. The number of nitrogens with zero attached hydrogens (tertiary/aromatic N) is 2. The van der Waals surface area contributed by atoms with Gasteiger partial charge >= 0.3 is 0 Å². The van der Waals surface area contributed by atoms with Gasteiger partial charge in [0, 0.05) is 29.6 Å². The van der Waals surface area contributed by atoms with Crippen molar-refractivity contribution in [3.63, 3.8) is 0 Å². The first-order valence-electron chi connectivity index (χ1n) is 5.90. The largest absolute Gasteiger partial charge is 0.508 e. The lowest BCUT2D eigenvalue weighted by atomic mass is 10.1. The minimum Gasteiger partial charge on any atom is -0.508 e. The zero-order chi connectivity index (χ0) is 12.7. The highest BCUT2D eigenvalue weighted by Gasteiger charge is 2.12. The summed E-state index contributed by atoms with van der Waals surface area (Å²) in [5, 5.41) is 12.0. The number of aryl methyl sites for hydroxylation is 1. The molecule has 0 aliphatic carbocycles. The van der Waals surface area contributed by atoms with Gasteiger partial charge in [0.05, 0.1) is 16.7 Å². The summed E-state index contributed by atoms with van der Waals surface area (Å²) in [6, 6.07) is 7.47. The second-order valence-electron chi connectivity index (χ2n) is 4.39. The first kappa shape index (κ1) is 10.8. The van der Waals surface area contributed by atoms with Crippen LogP contribution in [0.3, 0.4) is 0 Å². The van der Waals surface area contributed by atoms with E-state index in [0.717, 1.165) is 22.1 Å². The summed E-state index contributed by atoms with van der Waals surface area (Å²) in [5.74, 6) is 0.279. The van der Waals surface area contributed by atoms with E-state index in [0.29, 0.717) is 6.54 Å². The first-order chi connectivity index (χ1) is 8.72. The van der Waals surface area contributed by atoms with Gasteiger partial charge < -0.3 is 9.67 Å². The van der Waals surface area contributed by atoms with Crippen LogP contribution in [-0.4, -0.2) is 14.7 Å². The number of benzene rings is 1. The molecule has 0 fully saturated rings. The van der Waals surface area contributed by atoms with Crippen LogP contribution < -0.4 is 0 Å². The molecule has 0 spiro atoms. The molecule has 0 bridgehead atoms. The Hall–Kier alpha value is -2.29. The molecule has 3 rings (SSSR count). The van der Waals surface area contributed by atoms with Crippen molar-refractivity contribution in [2.45, 2.75) is 13.5 Å². The second-order valence-corrected chi connectivity index (χ2v) is 4.39. The normalized spacial score (nSPS) is 11.2. The first-order valence-corrected chi connectivity index (χ1v) is 5.90. The number of pyridine rings is 1. The number of allylic oxidation sites excluding steroid dienone is 1. The van der Waals surface area contributed by atoms with Crippen molar-refractivity contribution in [1.29, 1.82) is 0 Å². The summed E-state index contributed by atoms with van der Waals surface area (Å²) in [7, 11) is 0. The lowest BCUT2D eigenvalue weighted by Crippen LogP contribution is -1.96. The lowest BCUT2D eigenvalue weighted by Gasteiger charge is -2.05. The van der Waals surface area contributed by atoms with Crippen LogP contribution in [0.1, 0.15) is 5.69 Å². The highest BCUT2D eigenvalue weighted by molar-refractivity contribution is 6.09. The van der Waals surface area contributed by atoms with Crippen molar-refractivity contribution in [2.24, 2.45) is 0 Å². The van der Waals surface area contributed by atoms with Crippen molar-refractivity contribution in [3.05, 3.63) is 48.8 Å². The number of aromatic nitrogens is 2. The van der Waals surface area contributed by atoms with Gasteiger partial charge in [-0.05, 0) is 25.1 Å². The number of rotatable bonds is 2. The van der Waals surface area contributed by atoms with Gasteiger partial charge in [0.15, 0.2) is 0 Å². The summed E-state index contributed by atoms with van der Waals surface area (Å²) in [5.41, 5.74) is 3.11. The number of fused-ring (bicyclic) bond motifs is 3. The number of hydrogen-bond acceptors (Lipinski definition) is 2. The molecule has 0 saturated carbocycles. The van der Waals surface area contributed by atoms with Crippen molar-refractivity contribution in [3.8, 4) is 5.75 Å². The predicted octanol–water partition coefficient (Wildman–Crippen LogP) is 3.39. The standard InChI is InChI=1S/C15H14N2O/c1-3-8-17-14-9-11(18)4-5-12(14)13-6-7-16-10(2)15(13)17/h3-7,9,18H,1,8H2,2H3. The molecule has 3 nitrogen and oxygen atoms in total. The van der Waals surface area contributed by atoms with Crippen LogP contribution in [0.15, 0.2) is 43.1 Å². The SMILES string of the molecule is C=CCn1c2cc(O)ccc2c2ccnc(C)c21. The maximum absolute atomic E-state index is 9.66. The third kappa shape index (κ3) is 1.40. The molecule has 0 saturated heterocycles. The van der Waals surface area contributed by atoms with Crippen LogP contribution in [0, 0.1) is 6.92 Å². The third-order valence-electron chi connectivity index (χ3n) is 3.25. The minimum atomic E-state index is 0.279. The molecule has 3 aromatic rings. The second kappa shape index (κ2) is 3.88. The molecule has 0 aliphatic heterocycles. The van der Waals surface area contributed by atoms with Crippen LogP contribution >= 0.6 is 0 Å². The van der Waals surface area contributed by atoms with Crippen LogP contribution in [0.25, 0.3) is 21.8 Å². The maximum Gasteiger partial charge on any atom is 0.117 e. The molecular weight excluding hydrogens is 224 g/mol. The molecule has 1 N–H and O–H groups in total. The van der Waals surface area contributed by atoms with Crippen LogP contribution in [-0.2, 0) is 6.54 Å². The Morgan fingerprint density at radius 1 is 1.33 bits per heavy atom. The summed E-state index contributed by atoms with van der Waals surface area (Å²) in [6.45, 7) is 6.50. The number of phenols is 1. The number of phenolic OH excluding ortho intramolecular Hbond substituents is 1. The fourth-order valence-electron chi connectivity index (χ4n) is 2.53. The average molecular weight is 238 g/mol. The van der Waals surface area contributed by atoms with E-state index >= 15 is 0 Å². The predicted molar refractivity (Wildman–Crippen MR) is 73.8 cm³/mol. The Labute approximate surface area is 105 Å². The maximum atomic E-state index is 9.66. The van der Waals surface area contributed by atoms with E-state index in [1.807, 2.05) is 31.3 Å². The smallest absolute Gasteiger partial charge is 0.117 e. The molecule has 0 aliphatic rings. The molecule has 18 heavy (non-hydrogen) atoms. The van der Waals surface area contributed by atoms with Gasteiger partial charge in [-0.2, -0.15) is 0 Å². The summed E-state index contributed by atoms with van der Waals surface area (Å²) in [6.07, 6.45) is 3.68. The Morgan fingerprint density at radius 3 is 2.94 bits per heavy atom. The Kier molecular flexibility index (Phi) is 2.33. The van der Waals surface area contributed by atoms with E-state index in [9.17, 15) is 5.11 Å². The number of aromatic hydroxyl groups is 1. The zero-order valence-electron chi connectivity index (χ0n) is 10.2. The van der Waals surface area contributed by atoms with Crippen LogP contribution in [0.5, 0.6) is 5.75 Å². The molecule has 90 valence electrons. The van der Waals surface area contributed by atoms with E-state index in [4.69, 9.17) is 0 Å². The Morgan fingerprint density at radius 2 is 2.17 bits per heavy atom. The van der Waals surface area contributed by atoms with Gasteiger partial charge in [-0.25, -0.2) is 0 Å². The average Bonchev–Trinajstić information content (AvgIpc) is 2.65. The van der Waals surface area contributed by atoms with E-state index in [1.165, 1.54) is 5.39 Å². The van der Waals surface area contributed by atoms with E-state index < -0.39 is 0 Å². The van der Waals surface area contributed by atoms with Crippen LogP contribution in [0.4, 0.5) is 0 Å². The Balaban J connectivity index is 2.56. The molecule has 0 amide bonds. The van der Waals surface area contributed by atoms with Gasteiger partial charge in [0.2, 0.25) is 0 Å². The molecule has 1 aromatic carbocycles. The van der Waals surface area contributed by atoms with E-state index in [-0.39, 0.29) is 5.75 Å². The van der Waals surface area contributed by atoms with Gasteiger partial charge in [-0.1, -0.05) is 6.08 Å². The summed E-state index contributed by atoms with van der Waals surface area (Å²) in [4.78, 5) is 4.35. The molecular formula is C15H14N2O. The van der Waals surface area contributed by atoms with Gasteiger partial charge in [0.1, 0.15) is 5.75 Å². The zero-order valence-corrected chi connectivity index (χ0v) is 10.2. The number of hydrogen-bond donors (Lipinski definition) is 1. The molecule has 2 heterocycles. The van der Waals surface area contributed by atoms with Crippen molar-refractivity contribution in [1.82, 2.24) is 9.55 Å². The van der Waals surface area contributed by atoms with E-state index in [1.54, 1.807) is 12.1 Å². The molecule has 3 heteroatoms. The quantitative estimate of drug-likeness (QED) is 0.695. The molecule has 2 aromatic heterocycles. The fraction of sp³-hybridized carbons (Fsp3) is 0.133. The fourth-order valence-corrected chi connectivity index (χ4v) is 2.53.